The summed E-state index contributed by atoms with van der Waals surface area (Å²) < 4.78 is 5.10. The van der Waals surface area contributed by atoms with Crippen LogP contribution < -0.4 is 10.6 Å². The Bertz CT molecular complexity index is 501. The van der Waals surface area contributed by atoms with Gasteiger partial charge in [0.05, 0.1) is 0 Å². The van der Waals surface area contributed by atoms with Crippen LogP contribution in [0.2, 0.25) is 0 Å². The third-order valence-corrected chi connectivity index (χ3v) is 4.51. The molecule has 1 unspecified atom stereocenters. The van der Waals surface area contributed by atoms with Crippen molar-refractivity contribution in [2.24, 2.45) is 4.99 Å². The van der Waals surface area contributed by atoms with Gasteiger partial charge in [0.25, 0.3) is 0 Å². The lowest BCUT2D eigenvalue weighted by molar-refractivity contribution is 0.159. The highest BCUT2D eigenvalue weighted by molar-refractivity contribution is 5.79. The first-order valence-corrected chi connectivity index (χ1v) is 9.17. The van der Waals surface area contributed by atoms with E-state index in [2.05, 4.69) is 37.6 Å². The summed E-state index contributed by atoms with van der Waals surface area (Å²) in [5.41, 5.74) is 0. The molecule has 0 amide bonds. The molecule has 136 valence electrons. The summed E-state index contributed by atoms with van der Waals surface area (Å²) in [5.74, 6) is 2.26. The summed E-state index contributed by atoms with van der Waals surface area (Å²) in [6, 6.07) is 0.740. The number of aliphatic imine (C=N–C) groups is 1. The van der Waals surface area contributed by atoms with Crippen molar-refractivity contribution in [1.82, 2.24) is 25.7 Å². The Kier molecular flexibility index (Phi) is 8.01. The topological polar surface area (TPSA) is 78.6 Å². The first-order valence-electron chi connectivity index (χ1n) is 9.17. The van der Waals surface area contributed by atoms with Gasteiger partial charge in [-0.3, -0.25) is 4.99 Å². The Morgan fingerprint density at radius 1 is 1.29 bits per heavy atom. The van der Waals surface area contributed by atoms with Crippen molar-refractivity contribution in [1.29, 1.82) is 0 Å². The maximum Gasteiger partial charge on any atom is 0.226 e. The molecular weight excluding hydrogens is 304 g/mol. The van der Waals surface area contributed by atoms with Crippen molar-refractivity contribution < 1.29 is 4.52 Å². The Hall–Kier alpha value is -1.63. The predicted octanol–water partition coefficient (Wildman–Crippen LogP) is 1.74. The van der Waals surface area contributed by atoms with E-state index in [1.165, 1.54) is 32.4 Å². The van der Waals surface area contributed by atoms with E-state index in [1.54, 1.807) is 0 Å². The molecule has 2 rings (SSSR count). The van der Waals surface area contributed by atoms with Crippen LogP contribution in [0, 0.1) is 6.92 Å². The fraction of sp³-hybridized carbons (Fsp3) is 0.824. The Balaban J connectivity index is 1.53. The van der Waals surface area contributed by atoms with Crippen LogP contribution in [0.15, 0.2) is 9.52 Å². The van der Waals surface area contributed by atoms with Gasteiger partial charge in [0, 0.05) is 39.1 Å². The quantitative estimate of drug-likeness (QED) is 0.428. The molecule has 1 fully saturated rings. The van der Waals surface area contributed by atoms with Crippen LogP contribution in [0.25, 0.3) is 0 Å². The fourth-order valence-corrected chi connectivity index (χ4v) is 3.09. The largest absolute Gasteiger partial charge is 0.356 e. The van der Waals surface area contributed by atoms with Gasteiger partial charge in [-0.25, -0.2) is 0 Å². The van der Waals surface area contributed by atoms with Gasteiger partial charge in [-0.1, -0.05) is 11.6 Å². The molecule has 0 bridgehead atoms. The van der Waals surface area contributed by atoms with E-state index in [9.17, 15) is 0 Å². The smallest absolute Gasteiger partial charge is 0.226 e. The molecule has 0 spiro atoms. The average molecular weight is 336 g/mol. The zero-order valence-electron chi connectivity index (χ0n) is 15.3. The van der Waals surface area contributed by atoms with E-state index in [1.807, 2.05) is 14.0 Å². The van der Waals surface area contributed by atoms with E-state index in [0.29, 0.717) is 11.7 Å². The summed E-state index contributed by atoms with van der Waals surface area (Å²) in [6.45, 7) is 8.39. The number of guanidine groups is 1. The zero-order valence-corrected chi connectivity index (χ0v) is 15.3. The lowest BCUT2D eigenvalue weighted by Crippen LogP contribution is -2.41. The molecule has 1 atom stereocenters. The van der Waals surface area contributed by atoms with Crippen molar-refractivity contribution in [3.05, 3.63) is 11.7 Å². The van der Waals surface area contributed by atoms with Crippen molar-refractivity contribution in [2.45, 2.75) is 58.4 Å². The summed E-state index contributed by atoms with van der Waals surface area (Å²) in [5, 5.41) is 10.5. The molecule has 0 radical (unpaired) electrons. The summed E-state index contributed by atoms with van der Waals surface area (Å²) in [7, 11) is 1.81. The molecule has 24 heavy (non-hydrogen) atoms. The zero-order chi connectivity index (χ0) is 17.2. The Morgan fingerprint density at radius 2 is 2.08 bits per heavy atom. The van der Waals surface area contributed by atoms with Crippen molar-refractivity contribution in [2.75, 3.05) is 33.2 Å². The Morgan fingerprint density at radius 3 is 2.75 bits per heavy atom. The highest BCUT2D eigenvalue weighted by Gasteiger charge is 2.17. The van der Waals surface area contributed by atoms with Crippen molar-refractivity contribution in [3.8, 4) is 0 Å². The maximum absolute atomic E-state index is 5.10. The predicted molar refractivity (Wildman–Crippen MR) is 96.2 cm³/mol. The first-order chi connectivity index (χ1) is 11.7. The number of nitrogens with zero attached hydrogens (tertiary/aromatic N) is 4. The molecular formula is C17H32N6O. The van der Waals surface area contributed by atoms with Crippen LogP contribution >= 0.6 is 0 Å². The standard InChI is InChI=1S/C17H32N6O/c1-14-8-4-5-12-23(14)13-7-11-20-17(18-3)19-10-6-9-16-21-15(2)22-24-16/h14H,4-13H2,1-3H3,(H2,18,19,20). The number of hydrogen-bond donors (Lipinski definition) is 2. The van der Waals surface area contributed by atoms with Crippen LogP contribution in [0.3, 0.4) is 0 Å². The molecule has 0 aromatic carbocycles. The van der Waals surface area contributed by atoms with Gasteiger partial charge in [-0.15, -0.1) is 0 Å². The second-order valence-electron chi connectivity index (χ2n) is 6.50. The van der Waals surface area contributed by atoms with Crippen LogP contribution in [0.4, 0.5) is 0 Å². The minimum Gasteiger partial charge on any atom is -0.356 e. The SMILES string of the molecule is CN=C(NCCCc1nc(C)no1)NCCCN1CCCCC1C. The fourth-order valence-electron chi connectivity index (χ4n) is 3.09. The molecule has 7 heteroatoms. The van der Waals surface area contributed by atoms with Gasteiger partial charge in [0.15, 0.2) is 11.8 Å². The number of rotatable bonds is 8. The van der Waals surface area contributed by atoms with E-state index >= 15 is 0 Å². The van der Waals surface area contributed by atoms with Crippen LogP contribution in [0.1, 0.15) is 50.7 Å². The maximum atomic E-state index is 5.10. The summed E-state index contributed by atoms with van der Waals surface area (Å²) in [4.78, 5) is 11.1. The minimum atomic E-state index is 0.693. The van der Waals surface area contributed by atoms with Crippen LogP contribution in [-0.2, 0) is 6.42 Å². The number of piperidine rings is 1. The third kappa shape index (κ3) is 6.47. The molecule has 1 aliphatic rings. The van der Waals surface area contributed by atoms with Gasteiger partial charge >= 0.3 is 0 Å². The van der Waals surface area contributed by atoms with Crippen molar-refractivity contribution >= 4 is 5.96 Å². The summed E-state index contributed by atoms with van der Waals surface area (Å²) in [6.07, 6.45) is 6.95. The number of hydrogen-bond acceptors (Lipinski definition) is 5. The van der Waals surface area contributed by atoms with E-state index < -0.39 is 0 Å². The number of aromatic nitrogens is 2. The molecule has 0 saturated carbocycles. The van der Waals surface area contributed by atoms with E-state index in [0.717, 1.165) is 44.4 Å². The number of aryl methyl sites for hydroxylation is 2. The van der Waals surface area contributed by atoms with E-state index in [-0.39, 0.29) is 0 Å². The van der Waals surface area contributed by atoms with E-state index in [4.69, 9.17) is 4.52 Å². The van der Waals surface area contributed by atoms with Crippen LogP contribution in [-0.4, -0.2) is 60.3 Å². The number of nitrogens with one attached hydrogen (secondary N) is 2. The molecule has 2 heterocycles. The lowest BCUT2D eigenvalue weighted by atomic mass is 10.0. The average Bonchev–Trinajstić information content (AvgIpc) is 3.00. The van der Waals surface area contributed by atoms with Gasteiger partial charge in [-0.2, -0.15) is 4.98 Å². The highest BCUT2D eigenvalue weighted by atomic mass is 16.5. The van der Waals surface area contributed by atoms with Gasteiger partial charge < -0.3 is 20.1 Å². The number of likely N-dealkylation sites (tertiary alicyclic amines) is 1. The molecule has 2 N–H and O–H groups in total. The Labute approximate surface area is 145 Å². The molecule has 1 aromatic rings. The lowest BCUT2D eigenvalue weighted by Gasteiger charge is -2.33. The highest BCUT2D eigenvalue weighted by Crippen LogP contribution is 2.15. The first kappa shape index (κ1) is 18.7. The van der Waals surface area contributed by atoms with Gasteiger partial charge in [-0.05, 0) is 46.1 Å². The normalized spacial score (nSPS) is 19.5. The monoisotopic (exact) mass is 336 g/mol. The van der Waals surface area contributed by atoms with Crippen LogP contribution in [0.5, 0.6) is 0 Å². The van der Waals surface area contributed by atoms with Gasteiger partial charge in [0.1, 0.15) is 0 Å². The second kappa shape index (κ2) is 10.3. The molecule has 1 aliphatic heterocycles. The second-order valence-corrected chi connectivity index (χ2v) is 6.50. The molecule has 7 nitrogen and oxygen atoms in total. The molecule has 0 aliphatic carbocycles. The van der Waals surface area contributed by atoms with Crippen molar-refractivity contribution in [3.63, 3.8) is 0 Å². The third-order valence-electron chi connectivity index (χ3n) is 4.51. The molecule has 1 aromatic heterocycles. The molecule has 1 saturated heterocycles. The summed E-state index contributed by atoms with van der Waals surface area (Å²) >= 11 is 0. The minimum absolute atomic E-state index is 0.693. The van der Waals surface area contributed by atoms with Gasteiger partial charge in [0.2, 0.25) is 5.89 Å².